The molecule has 0 fully saturated rings. The highest BCUT2D eigenvalue weighted by atomic mass is 19.1. The Morgan fingerprint density at radius 1 is 1.47 bits per heavy atom. The number of nitrogens with zero attached hydrogens (tertiary/aromatic N) is 2. The minimum atomic E-state index is -0.459. The van der Waals surface area contributed by atoms with Crippen molar-refractivity contribution < 1.29 is 9.13 Å². The van der Waals surface area contributed by atoms with E-state index < -0.39 is 5.82 Å². The number of methoxy groups -OCH3 is 1. The average molecular weight is 210 g/mol. The van der Waals surface area contributed by atoms with Gasteiger partial charge >= 0.3 is 0 Å². The lowest BCUT2D eigenvalue weighted by atomic mass is 10.2. The molecule has 15 heavy (non-hydrogen) atoms. The van der Waals surface area contributed by atoms with Crippen molar-refractivity contribution in [1.82, 2.24) is 0 Å². The first kappa shape index (κ1) is 11.0. The van der Waals surface area contributed by atoms with Gasteiger partial charge in [-0.3, -0.25) is 0 Å². The van der Waals surface area contributed by atoms with Crippen molar-refractivity contribution in [3.8, 4) is 5.75 Å². The van der Waals surface area contributed by atoms with Crippen LogP contribution in [0.4, 0.5) is 4.39 Å². The van der Waals surface area contributed by atoms with Crippen LogP contribution in [0.3, 0.4) is 0 Å². The van der Waals surface area contributed by atoms with Crippen molar-refractivity contribution in [2.45, 2.75) is 0 Å². The number of nitrogens with two attached hydrogens (primary N) is 2. The van der Waals surface area contributed by atoms with E-state index in [1.54, 1.807) is 6.07 Å². The maximum Gasteiger partial charge on any atom is 0.153 e. The lowest BCUT2D eigenvalue weighted by Gasteiger charge is -2.03. The second kappa shape index (κ2) is 4.94. The molecular formula is C9H11FN4O. The molecule has 0 bridgehead atoms. The normalized spacial score (nSPS) is 12.0. The number of benzene rings is 1. The molecule has 0 atom stereocenters. The van der Waals surface area contributed by atoms with Crippen molar-refractivity contribution in [3.05, 3.63) is 29.6 Å². The summed E-state index contributed by atoms with van der Waals surface area (Å²) in [5.41, 5.74) is 10.9. The van der Waals surface area contributed by atoms with Crippen LogP contribution < -0.4 is 16.2 Å². The zero-order chi connectivity index (χ0) is 11.3. The van der Waals surface area contributed by atoms with Crippen molar-refractivity contribution in [1.29, 1.82) is 0 Å². The molecule has 1 rings (SSSR count). The second-order valence-corrected chi connectivity index (χ2v) is 2.63. The first-order chi connectivity index (χ1) is 7.17. The van der Waals surface area contributed by atoms with Crippen molar-refractivity contribution in [2.24, 2.45) is 21.7 Å². The van der Waals surface area contributed by atoms with Gasteiger partial charge in [-0.15, -0.1) is 10.2 Å². The summed E-state index contributed by atoms with van der Waals surface area (Å²) >= 11 is 0. The van der Waals surface area contributed by atoms with Crippen molar-refractivity contribution in [3.63, 3.8) is 0 Å². The Morgan fingerprint density at radius 2 is 2.20 bits per heavy atom. The molecule has 0 saturated carbocycles. The fourth-order valence-corrected chi connectivity index (χ4v) is 0.982. The molecule has 80 valence electrons. The predicted octanol–water partition coefficient (Wildman–Crippen LogP) is 0.442. The summed E-state index contributed by atoms with van der Waals surface area (Å²) in [5, 5.41) is 6.93. The number of amidine groups is 1. The summed E-state index contributed by atoms with van der Waals surface area (Å²) in [6.07, 6.45) is 0.989. The van der Waals surface area contributed by atoms with E-state index in [0.29, 0.717) is 11.3 Å². The number of halogens is 1. The first-order valence-corrected chi connectivity index (χ1v) is 4.09. The molecule has 0 aliphatic heterocycles. The quantitative estimate of drug-likeness (QED) is 0.431. The SMILES string of the molecule is COc1cc(F)cc(/C(N)=N/N=C\N)c1. The molecule has 0 saturated heterocycles. The molecule has 4 N–H and O–H groups in total. The van der Waals surface area contributed by atoms with Gasteiger partial charge in [0.1, 0.15) is 17.9 Å². The summed E-state index contributed by atoms with van der Waals surface area (Å²) in [5.74, 6) is -0.0337. The second-order valence-electron chi connectivity index (χ2n) is 2.63. The maximum absolute atomic E-state index is 13.0. The van der Waals surface area contributed by atoms with Gasteiger partial charge in [0.05, 0.1) is 7.11 Å². The Morgan fingerprint density at radius 3 is 2.80 bits per heavy atom. The van der Waals surface area contributed by atoms with E-state index in [4.69, 9.17) is 16.2 Å². The largest absolute Gasteiger partial charge is 0.497 e. The Kier molecular flexibility index (Phi) is 3.61. The predicted molar refractivity (Wildman–Crippen MR) is 56.4 cm³/mol. The Hall–Kier alpha value is -2.11. The number of hydrogen-bond acceptors (Lipinski definition) is 3. The molecule has 0 amide bonds. The van der Waals surface area contributed by atoms with Gasteiger partial charge in [-0.25, -0.2) is 4.39 Å². The maximum atomic E-state index is 13.0. The highest BCUT2D eigenvalue weighted by Crippen LogP contribution is 2.15. The van der Waals surface area contributed by atoms with Gasteiger partial charge in [0.25, 0.3) is 0 Å². The minimum Gasteiger partial charge on any atom is -0.497 e. The fraction of sp³-hybridized carbons (Fsp3) is 0.111. The van der Waals surface area contributed by atoms with E-state index in [9.17, 15) is 4.39 Å². The summed E-state index contributed by atoms with van der Waals surface area (Å²) in [7, 11) is 1.43. The third kappa shape index (κ3) is 2.94. The topological polar surface area (TPSA) is 86.0 Å². The smallest absolute Gasteiger partial charge is 0.153 e. The molecule has 0 unspecified atom stereocenters. The third-order valence-corrected chi connectivity index (χ3v) is 1.63. The van der Waals surface area contributed by atoms with Gasteiger partial charge in [-0.05, 0) is 12.1 Å². The van der Waals surface area contributed by atoms with Gasteiger partial charge in [-0.2, -0.15) is 0 Å². The fourth-order valence-electron chi connectivity index (χ4n) is 0.982. The van der Waals surface area contributed by atoms with Gasteiger partial charge in [0.15, 0.2) is 5.84 Å². The Labute approximate surface area is 86.2 Å². The molecule has 0 aliphatic carbocycles. The van der Waals surface area contributed by atoms with Crippen LogP contribution in [0.1, 0.15) is 5.56 Å². The van der Waals surface area contributed by atoms with E-state index in [1.807, 2.05) is 0 Å². The van der Waals surface area contributed by atoms with Crippen molar-refractivity contribution >= 4 is 12.2 Å². The van der Waals surface area contributed by atoms with E-state index in [1.165, 1.54) is 19.2 Å². The van der Waals surface area contributed by atoms with E-state index in [-0.39, 0.29) is 5.84 Å². The van der Waals surface area contributed by atoms with Crippen molar-refractivity contribution in [2.75, 3.05) is 7.11 Å². The molecule has 1 aromatic rings. The molecule has 0 aromatic heterocycles. The zero-order valence-corrected chi connectivity index (χ0v) is 8.14. The first-order valence-electron chi connectivity index (χ1n) is 4.09. The van der Waals surface area contributed by atoms with Gasteiger partial charge in [0, 0.05) is 11.6 Å². The molecule has 1 aromatic carbocycles. The molecule has 0 heterocycles. The van der Waals surface area contributed by atoms with Crippen LogP contribution in [-0.4, -0.2) is 19.3 Å². The van der Waals surface area contributed by atoms with Crippen LogP contribution in [0.15, 0.2) is 28.4 Å². The third-order valence-electron chi connectivity index (χ3n) is 1.63. The number of ether oxygens (including phenoxy) is 1. The lowest BCUT2D eigenvalue weighted by Crippen LogP contribution is -2.13. The van der Waals surface area contributed by atoms with Crippen LogP contribution in [0.5, 0.6) is 5.75 Å². The summed E-state index contributed by atoms with van der Waals surface area (Å²) in [4.78, 5) is 0. The number of rotatable bonds is 3. The Balaban J connectivity index is 3.08. The summed E-state index contributed by atoms with van der Waals surface area (Å²) in [6.45, 7) is 0. The minimum absolute atomic E-state index is 0.0644. The molecule has 0 aliphatic rings. The summed E-state index contributed by atoms with van der Waals surface area (Å²) in [6, 6.07) is 4.02. The monoisotopic (exact) mass is 210 g/mol. The van der Waals surface area contributed by atoms with Crippen LogP contribution in [-0.2, 0) is 0 Å². The highest BCUT2D eigenvalue weighted by Gasteiger charge is 2.04. The van der Waals surface area contributed by atoms with Gasteiger partial charge in [0.2, 0.25) is 0 Å². The zero-order valence-electron chi connectivity index (χ0n) is 8.14. The van der Waals surface area contributed by atoms with Crippen LogP contribution in [0.25, 0.3) is 0 Å². The van der Waals surface area contributed by atoms with E-state index in [2.05, 4.69) is 10.2 Å². The number of hydrogen-bond donors (Lipinski definition) is 2. The molecule has 0 radical (unpaired) electrons. The van der Waals surface area contributed by atoms with E-state index >= 15 is 0 Å². The van der Waals surface area contributed by atoms with Gasteiger partial charge < -0.3 is 16.2 Å². The van der Waals surface area contributed by atoms with Crippen LogP contribution in [0, 0.1) is 5.82 Å². The standard InChI is InChI=1S/C9H11FN4O/c1-15-8-3-6(2-7(10)4-8)9(12)14-13-5-11/h2-5H,1H3,(H2,11,13)(H2,12,14). The molecule has 6 heteroatoms. The van der Waals surface area contributed by atoms with Crippen LogP contribution >= 0.6 is 0 Å². The molecule has 5 nitrogen and oxygen atoms in total. The molecule has 0 spiro atoms. The summed E-state index contributed by atoms with van der Waals surface area (Å²) < 4.78 is 17.9. The highest BCUT2D eigenvalue weighted by molar-refractivity contribution is 5.97. The van der Waals surface area contributed by atoms with E-state index in [0.717, 1.165) is 6.34 Å². The van der Waals surface area contributed by atoms with Crippen LogP contribution in [0.2, 0.25) is 0 Å². The molecular weight excluding hydrogens is 199 g/mol. The van der Waals surface area contributed by atoms with Gasteiger partial charge in [-0.1, -0.05) is 0 Å². The Bertz CT molecular complexity index is 403. The lowest BCUT2D eigenvalue weighted by molar-refractivity contribution is 0.411. The average Bonchev–Trinajstić information content (AvgIpc) is 2.24.